The Labute approximate surface area is 147 Å². The number of benzene rings is 2. The van der Waals surface area contributed by atoms with Gasteiger partial charge in [-0.2, -0.15) is 0 Å². The van der Waals surface area contributed by atoms with Crippen LogP contribution in [-0.4, -0.2) is 24.9 Å². The minimum Gasteiger partial charge on any atom is -0.496 e. The second-order valence-electron chi connectivity index (χ2n) is 5.84. The van der Waals surface area contributed by atoms with Crippen molar-refractivity contribution in [2.24, 2.45) is 5.73 Å². The van der Waals surface area contributed by atoms with Crippen molar-refractivity contribution < 1.29 is 4.74 Å². The van der Waals surface area contributed by atoms with Gasteiger partial charge in [-0.05, 0) is 61.9 Å². The highest BCUT2D eigenvalue weighted by atomic mass is 32.2. The van der Waals surface area contributed by atoms with Crippen molar-refractivity contribution >= 4 is 22.7 Å². The molecule has 4 heteroatoms. The molecule has 0 aliphatic rings. The summed E-state index contributed by atoms with van der Waals surface area (Å²) < 4.78 is 5.63. The summed E-state index contributed by atoms with van der Waals surface area (Å²) in [5.41, 5.74) is 10.5. The Morgan fingerprint density at radius 2 is 1.96 bits per heavy atom. The van der Waals surface area contributed by atoms with E-state index in [9.17, 15) is 0 Å². The average molecular weight is 340 g/mol. The highest BCUT2D eigenvalue weighted by Gasteiger charge is 2.16. The van der Waals surface area contributed by atoms with Crippen molar-refractivity contribution in [3.05, 3.63) is 48.0 Å². The number of aromatic amines is 1. The van der Waals surface area contributed by atoms with Crippen LogP contribution in [0.4, 0.5) is 0 Å². The second kappa shape index (κ2) is 7.77. The first kappa shape index (κ1) is 16.9. The molecule has 1 aromatic heterocycles. The zero-order chi connectivity index (χ0) is 16.9. The molecule has 3 N–H and O–H groups in total. The Kier molecular flexibility index (Phi) is 5.48. The van der Waals surface area contributed by atoms with E-state index in [1.165, 1.54) is 27.1 Å². The van der Waals surface area contributed by atoms with Crippen molar-refractivity contribution in [2.45, 2.75) is 24.2 Å². The van der Waals surface area contributed by atoms with Crippen LogP contribution in [-0.2, 0) is 6.42 Å². The molecule has 0 saturated carbocycles. The van der Waals surface area contributed by atoms with Crippen LogP contribution in [0.25, 0.3) is 22.2 Å². The van der Waals surface area contributed by atoms with Crippen LogP contribution in [0.1, 0.15) is 18.4 Å². The third-order valence-corrected chi connectivity index (χ3v) is 5.10. The number of thioether (sulfide) groups is 1. The van der Waals surface area contributed by atoms with Gasteiger partial charge in [-0.15, -0.1) is 11.8 Å². The van der Waals surface area contributed by atoms with Gasteiger partial charge >= 0.3 is 0 Å². The van der Waals surface area contributed by atoms with E-state index in [0.29, 0.717) is 0 Å². The van der Waals surface area contributed by atoms with E-state index in [1.54, 1.807) is 18.9 Å². The highest BCUT2D eigenvalue weighted by Crippen LogP contribution is 2.38. The third kappa shape index (κ3) is 3.30. The molecule has 0 spiro atoms. The fourth-order valence-corrected chi connectivity index (χ4v) is 3.58. The van der Waals surface area contributed by atoms with E-state index in [1.807, 2.05) is 0 Å². The van der Waals surface area contributed by atoms with Gasteiger partial charge in [-0.25, -0.2) is 0 Å². The summed E-state index contributed by atoms with van der Waals surface area (Å²) in [7, 11) is 1.73. The summed E-state index contributed by atoms with van der Waals surface area (Å²) in [4.78, 5) is 4.85. The van der Waals surface area contributed by atoms with Gasteiger partial charge in [0.2, 0.25) is 0 Å². The van der Waals surface area contributed by atoms with Crippen LogP contribution >= 0.6 is 11.8 Å². The number of fused-ring (bicyclic) bond motifs is 1. The summed E-state index contributed by atoms with van der Waals surface area (Å²) in [6.07, 6.45) is 5.25. The van der Waals surface area contributed by atoms with Crippen LogP contribution in [0.15, 0.2) is 47.4 Å². The van der Waals surface area contributed by atoms with Gasteiger partial charge in [0.15, 0.2) is 0 Å². The Bertz CT molecular complexity index is 826. The minimum absolute atomic E-state index is 0.739. The Morgan fingerprint density at radius 1 is 1.12 bits per heavy atom. The molecule has 3 aromatic rings. The number of unbranched alkanes of at least 4 members (excludes halogenated alkanes) is 1. The molecule has 0 radical (unpaired) electrons. The maximum Gasteiger partial charge on any atom is 0.128 e. The molecule has 0 aliphatic heterocycles. The Hall–Kier alpha value is -1.91. The zero-order valence-corrected chi connectivity index (χ0v) is 15.1. The number of nitrogens with one attached hydrogen (secondary N) is 1. The summed E-state index contributed by atoms with van der Waals surface area (Å²) in [5, 5.41) is 1.29. The molecule has 1 heterocycles. The maximum absolute atomic E-state index is 5.68. The van der Waals surface area contributed by atoms with Crippen molar-refractivity contribution in [3.63, 3.8) is 0 Å². The lowest BCUT2D eigenvalue weighted by Gasteiger charge is -2.11. The number of para-hydroxylation sites is 1. The summed E-state index contributed by atoms with van der Waals surface area (Å²) in [6.45, 7) is 0.739. The van der Waals surface area contributed by atoms with Crippen LogP contribution in [0.3, 0.4) is 0 Å². The summed E-state index contributed by atoms with van der Waals surface area (Å²) in [5.74, 6) is 0.902. The molecule has 3 rings (SSSR count). The van der Waals surface area contributed by atoms with Crippen molar-refractivity contribution in [1.82, 2.24) is 4.98 Å². The lowest BCUT2D eigenvalue weighted by molar-refractivity contribution is 0.416. The molecule has 0 saturated heterocycles. The largest absolute Gasteiger partial charge is 0.496 e. The molecule has 24 heavy (non-hydrogen) atoms. The molecule has 0 bridgehead atoms. The van der Waals surface area contributed by atoms with E-state index in [-0.39, 0.29) is 0 Å². The molecule has 0 amide bonds. The molecular formula is C20H24N2OS. The number of aryl methyl sites for hydroxylation is 1. The number of rotatable bonds is 7. The molecule has 0 atom stereocenters. The monoisotopic (exact) mass is 340 g/mol. The number of aromatic nitrogens is 1. The quantitative estimate of drug-likeness (QED) is 0.478. The number of methoxy groups -OCH3 is 1. The van der Waals surface area contributed by atoms with E-state index in [2.05, 4.69) is 53.7 Å². The second-order valence-corrected chi connectivity index (χ2v) is 6.72. The molecule has 0 aliphatic carbocycles. The standard InChI is InChI=1S/C20H24N2OS/c1-23-19-11-10-14(24-2)13-17(19)20-16(8-5-6-12-21)15-7-3-4-9-18(15)22-20/h3-4,7,9-11,13,22H,5-6,8,12,21H2,1-2H3. The number of hydrogen-bond acceptors (Lipinski definition) is 3. The minimum atomic E-state index is 0.739. The predicted octanol–water partition coefficient (Wildman–Crippen LogP) is 4.85. The average Bonchev–Trinajstić information content (AvgIpc) is 3.00. The SMILES string of the molecule is COc1ccc(SC)cc1-c1[nH]c2ccccc2c1CCCCN. The summed E-state index contributed by atoms with van der Waals surface area (Å²) >= 11 is 1.75. The predicted molar refractivity (Wildman–Crippen MR) is 104 cm³/mol. The maximum atomic E-state index is 5.68. The van der Waals surface area contributed by atoms with E-state index >= 15 is 0 Å². The highest BCUT2D eigenvalue weighted by molar-refractivity contribution is 7.98. The van der Waals surface area contributed by atoms with Gasteiger partial charge in [0.1, 0.15) is 5.75 Å². The fraction of sp³-hybridized carbons (Fsp3) is 0.300. The zero-order valence-electron chi connectivity index (χ0n) is 14.3. The number of nitrogens with two attached hydrogens (primary N) is 1. The number of H-pyrrole nitrogens is 1. The van der Waals surface area contributed by atoms with Crippen molar-refractivity contribution in [3.8, 4) is 17.0 Å². The van der Waals surface area contributed by atoms with Gasteiger partial charge in [0.25, 0.3) is 0 Å². The van der Waals surface area contributed by atoms with Gasteiger partial charge in [-0.1, -0.05) is 18.2 Å². The van der Waals surface area contributed by atoms with Crippen LogP contribution in [0.2, 0.25) is 0 Å². The van der Waals surface area contributed by atoms with E-state index < -0.39 is 0 Å². The van der Waals surface area contributed by atoms with E-state index in [4.69, 9.17) is 10.5 Å². The Balaban J connectivity index is 2.16. The molecule has 126 valence electrons. The van der Waals surface area contributed by atoms with Gasteiger partial charge in [-0.3, -0.25) is 0 Å². The van der Waals surface area contributed by atoms with Crippen molar-refractivity contribution in [2.75, 3.05) is 19.9 Å². The molecule has 2 aromatic carbocycles. The van der Waals surface area contributed by atoms with Crippen molar-refractivity contribution in [1.29, 1.82) is 0 Å². The summed E-state index contributed by atoms with van der Waals surface area (Å²) in [6, 6.07) is 14.9. The first-order valence-electron chi connectivity index (χ1n) is 8.30. The van der Waals surface area contributed by atoms with Gasteiger partial charge in [0, 0.05) is 21.4 Å². The Morgan fingerprint density at radius 3 is 2.71 bits per heavy atom. The normalized spacial score (nSPS) is 11.1. The molecule has 0 fully saturated rings. The smallest absolute Gasteiger partial charge is 0.128 e. The van der Waals surface area contributed by atoms with E-state index in [0.717, 1.165) is 37.1 Å². The lowest BCUT2D eigenvalue weighted by Crippen LogP contribution is -1.99. The number of hydrogen-bond donors (Lipinski definition) is 2. The molecule has 3 nitrogen and oxygen atoms in total. The number of ether oxygens (including phenoxy) is 1. The van der Waals surface area contributed by atoms with Crippen LogP contribution in [0.5, 0.6) is 5.75 Å². The van der Waals surface area contributed by atoms with Crippen LogP contribution in [0, 0.1) is 0 Å². The molecule has 0 unspecified atom stereocenters. The fourth-order valence-electron chi connectivity index (χ4n) is 3.15. The first-order chi connectivity index (χ1) is 11.8. The third-order valence-electron chi connectivity index (χ3n) is 4.37. The lowest BCUT2D eigenvalue weighted by atomic mass is 10.00. The molecular weight excluding hydrogens is 316 g/mol. The van der Waals surface area contributed by atoms with Crippen LogP contribution < -0.4 is 10.5 Å². The van der Waals surface area contributed by atoms with Gasteiger partial charge in [0.05, 0.1) is 12.8 Å². The first-order valence-corrected chi connectivity index (χ1v) is 9.53. The van der Waals surface area contributed by atoms with Gasteiger partial charge < -0.3 is 15.5 Å². The topological polar surface area (TPSA) is 51.0 Å².